The predicted molar refractivity (Wildman–Crippen MR) is 193 cm³/mol. The molecule has 0 aliphatic rings. The van der Waals surface area contributed by atoms with Crippen molar-refractivity contribution in [3.63, 3.8) is 0 Å². The molecule has 0 radical (unpaired) electrons. The highest BCUT2D eigenvalue weighted by atomic mass is 16.3. The van der Waals surface area contributed by atoms with E-state index >= 15 is 0 Å². The van der Waals surface area contributed by atoms with Gasteiger partial charge in [-0.1, -0.05) is 78.9 Å². The van der Waals surface area contributed by atoms with Crippen LogP contribution in [0.5, 0.6) is 0 Å². The van der Waals surface area contributed by atoms with Crippen LogP contribution in [0.2, 0.25) is 0 Å². The van der Waals surface area contributed by atoms with Crippen molar-refractivity contribution in [3.05, 3.63) is 157 Å². The van der Waals surface area contributed by atoms with Crippen molar-refractivity contribution in [2.45, 2.75) is 0 Å². The number of hydrogen-bond acceptors (Lipinski definition) is 2. The summed E-state index contributed by atoms with van der Waals surface area (Å²) < 4.78 is 10.8. The van der Waals surface area contributed by atoms with Gasteiger partial charge in [-0.05, 0) is 83.9 Å². The first-order chi connectivity index (χ1) is 23.3. The summed E-state index contributed by atoms with van der Waals surface area (Å²) in [5.41, 5.74) is 11.4. The van der Waals surface area contributed by atoms with E-state index in [1.807, 2.05) is 30.3 Å². The molecule has 0 fully saturated rings. The van der Waals surface area contributed by atoms with Gasteiger partial charge in [-0.15, -0.1) is 0 Å². The summed E-state index contributed by atoms with van der Waals surface area (Å²) in [4.78, 5) is 0. The monoisotopic (exact) mass is 599 g/mol. The number of furan rings is 1. The van der Waals surface area contributed by atoms with Crippen molar-refractivity contribution in [2.75, 3.05) is 0 Å². The van der Waals surface area contributed by atoms with E-state index in [1.54, 1.807) is 0 Å². The summed E-state index contributed by atoms with van der Waals surface area (Å²) in [5.74, 6) is 0. The number of hydrogen-bond donors (Lipinski definition) is 0. The Labute approximate surface area is 269 Å². The van der Waals surface area contributed by atoms with Gasteiger partial charge in [0, 0.05) is 43.7 Å². The summed E-state index contributed by atoms with van der Waals surface area (Å²) in [7, 11) is 0. The van der Waals surface area contributed by atoms with E-state index in [-0.39, 0.29) is 0 Å². The molecule has 0 unspecified atom stereocenters. The zero-order valence-corrected chi connectivity index (χ0v) is 25.2. The Kier molecular flexibility index (Phi) is 5.32. The molecule has 0 N–H and O–H groups in total. The minimum absolute atomic E-state index is 0.647. The molecule has 4 nitrogen and oxygen atoms in total. The van der Waals surface area contributed by atoms with Crippen LogP contribution in [0.25, 0.3) is 88.1 Å². The number of rotatable bonds is 3. The molecule has 4 heteroatoms. The lowest BCUT2D eigenvalue weighted by Crippen LogP contribution is -1.94. The number of nitrogens with zero attached hydrogens (tertiary/aromatic N) is 3. The molecule has 0 spiro atoms. The van der Waals surface area contributed by atoms with Crippen LogP contribution in [0.3, 0.4) is 0 Å². The lowest BCUT2D eigenvalue weighted by atomic mass is 9.98. The first kappa shape index (κ1) is 25.7. The highest BCUT2D eigenvalue weighted by Crippen LogP contribution is 2.41. The molecule has 218 valence electrons. The second-order valence-electron chi connectivity index (χ2n) is 12.1. The Morgan fingerprint density at radius 1 is 0.447 bits per heavy atom. The van der Waals surface area contributed by atoms with E-state index in [0.29, 0.717) is 5.56 Å². The maximum Gasteiger partial charge on any atom is 0.135 e. The summed E-state index contributed by atoms with van der Waals surface area (Å²) in [5, 5.41) is 16.6. The first-order valence-electron chi connectivity index (χ1n) is 15.7. The summed E-state index contributed by atoms with van der Waals surface area (Å²) in [6, 6.07) is 55.5. The maximum absolute atomic E-state index is 9.60. The van der Waals surface area contributed by atoms with E-state index in [9.17, 15) is 5.26 Å². The smallest absolute Gasteiger partial charge is 0.135 e. The molecule has 3 aromatic heterocycles. The topological polar surface area (TPSA) is 46.8 Å². The van der Waals surface area contributed by atoms with Crippen LogP contribution < -0.4 is 0 Å². The number of aromatic nitrogens is 2. The second kappa shape index (κ2) is 9.71. The zero-order valence-electron chi connectivity index (χ0n) is 25.2. The Morgan fingerprint density at radius 3 is 1.98 bits per heavy atom. The van der Waals surface area contributed by atoms with Gasteiger partial charge in [0.15, 0.2) is 0 Å². The fourth-order valence-electron chi connectivity index (χ4n) is 7.52. The fraction of sp³-hybridized carbons (Fsp3) is 0. The molecule has 0 aliphatic carbocycles. The third kappa shape index (κ3) is 3.69. The Bertz CT molecular complexity index is 2930. The van der Waals surface area contributed by atoms with Gasteiger partial charge in [-0.2, -0.15) is 5.26 Å². The lowest BCUT2D eigenvalue weighted by Gasteiger charge is -2.10. The summed E-state index contributed by atoms with van der Waals surface area (Å²) in [6.07, 6.45) is 0. The van der Waals surface area contributed by atoms with Gasteiger partial charge in [0.2, 0.25) is 0 Å². The standard InChI is InChI=1S/C43H25N3O/c44-26-27-9-7-10-29(23-27)45-37-15-4-1-11-32(37)35-24-28(19-21-39(35)45)31-14-8-17-40-43(31)34-13-2-5-16-38(34)46(40)30-20-22-42-36(25-30)33-12-3-6-18-41(33)47-42/h1-25H. The van der Waals surface area contributed by atoms with Crippen molar-refractivity contribution in [1.29, 1.82) is 5.26 Å². The quantitative estimate of drug-likeness (QED) is 0.203. The summed E-state index contributed by atoms with van der Waals surface area (Å²) in [6.45, 7) is 0. The number of benzene rings is 7. The SMILES string of the molecule is N#Cc1cccc(-n2c3ccccc3c3cc(-c4cccc5c4c4ccccc4n5-c4ccc5oc6ccccc6c5c4)ccc32)c1. The average Bonchev–Trinajstić information content (AvgIpc) is 3.79. The third-order valence-corrected chi connectivity index (χ3v) is 9.53. The molecule has 0 aliphatic heterocycles. The number of nitriles is 1. The van der Waals surface area contributed by atoms with E-state index < -0.39 is 0 Å². The van der Waals surface area contributed by atoms with E-state index in [4.69, 9.17) is 4.42 Å². The molecule has 7 aromatic carbocycles. The third-order valence-electron chi connectivity index (χ3n) is 9.53. The van der Waals surface area contributed by atoms with Crippen LogP contribution in [-0.2, 0) is 0 Å². The van der Waals surface area contributed by atoms with Crippen LogP contribution in [-0.4, -0.2) is 9.13 Å². The molecule has 10 aromatic rings. The highest BCUT2D eigenvalue weighted by molar-refractivity contribution is 6.17. The van der Waals surface area contributed by atoms with Gasteiger partial charge in [-0.3, -0.25) is 0 Å². The second-order valence-corrected chi connectivity index (χ2v) is 12.1. The van der Waals surface area contributed by atoms with Crippen molar-refractivity contribution >= 4 is 65.6 Å². The number of para-hydroxylation sites is 3. The number of fused-ring (bicyclic) bond motifs is 9. The molecule has 0 saturated heterocycles. The van der Waals surface area contributed by atoms with Gasteiger partial charge in [0.1, 0.15) is 11.2 Å². The summed E-state index contributed by atoms with van der Waals surface area (Å²) >= 11 is 0. The Hall–Kier alpha value is -6.57. The molecule has 0 amide bonds. The predicted octanol–water partition coefficient (Wildman–Crippen LogP) is 11.3. The van der Waals surface area contributed by atoms with Crippen molar-refractivity contribution < 1.29 is 4.42 Å². The molecular weight excluding hydrogens is 574 g/mol. The van der Waals surface area contributed by atoms with Crippen molar-refractivity contribution in [1.82, 2.24) is 9.13 Å². The van der Waals surface area contributed by atoms with Gasteiger partial charge >= 0.3 is 0 Å². The molecular formula is C43H25N3O. The largest absolute Gasteiger partial charge is 0.456 e. The van der Waals surface area contributed by atoms with Gasteiger partial charge in [0.05, 0.1) is 33.7 Å². The van der Waals surface area contributed by atoms with Crippen molar-refractivity contribution in [3.8, 4) is 28.6 Å². The van der Waals surface area contributed by atoms with Gasteiger partial charge in [0.25, 0.3) is 0 Å². The molecule has 0 atom stereocenters. The first-order valence-corrected chi connectivity index (χ1v) is 15.7. The van der Waals surface area contributed by atoms with Crippen LogP contribution in [0.1, 0.15) is 5.56 Å². The normalized spacial score (nSPS) is 11.8. The minimum atomic E-state index is 0.647. The van der Waals surface area contributed by atoms with Crippen LogP contribution >= 0.6 is 0 Å². The van der Waals surface area contributed by atoms with Crippen LogP contribution in [0.4, 0.5) is 0 Å². The van der Waals surface area contributed by atoms with Gasteiger partial charge < -0.3 is 13.6 Å². The van der Waals surface area contributed by atoms with Crippen molar-refractivity contribution in [2.24, 2.45) is 0 Å². The minimum Gasteiger partial charge on any atom is -0.456 e. The maximum atomic E-state index is 9.60. The molecule has 47 heavy (non-hydrogen) atoms. The highest BCUT2D eigenvalue weighted by Gasteiger charge is 2.19. The molecule has 0 bridgehead atoms. The Morgan fingerprint density at radius 2 is 1.11 bits per heavy atom. The lowest BCUT2D eigenvalue weighted by molar-refractivity contribution is 0.669. The zero-order chi connectivity index (χ0) is 31.1. The van der Waals surface area contributed by atoms with E-state index in [2.05, 4.69) is 137 Å². The van der Waals surface area contributed by atoms with E-state index in [1.165, 1.54) is 27.1 Å². The van der Waals surface area contributed by atoms with Crippen LogP contribution in [0.15, 0.2) is 156 Å². The molecule has 10 rings (SSSR count). The molecule has 3 heterocycles. The molecule has 0 saturated carbocycles. The van der Waals surface area contributed by atoms with Gasteiger partial charge in [-0.25, -0.2) is 0 Å². The van der Waals surface area contributed by atoms with E-state index in [0.717, 1.165) is 60.9 Å². The van der Waals surface area contributed by atoms with Crippen LogP contribution in [0, 0.1) is 11.3 Å². The Balaban J connectivity index is 1.23. The fourth-order valence-corrected chi connectivity index (χ4v) is 7.52. The average molecular weight is 600 g/mol.